The van der Waals surface area contributed by atoms with Crippen molar-refractivity contribution in [1.29, 1.82) is 0 Å². The van der Waals surface area contributed by atoms with E-state index in [1.807, 2.05) is 0 Å². The van der Waals surface area contributed by atoms with Crippen LogP contribution in [0.4, 0.5) is 16.2 Å². The number of nitrogens with zero attached hydrogens (tertiary/aromatic N) is 3. The summed E-state index contributed by atoms with van der Waals surface area (Å²) in [7, 11) is 0. The lowest BCUT2D eigenvalue weighted by atomic mass is 10.3. The van der Waals surface area contributed by atoms with Gasteiger partial charge < -0.3 is 9.58 Å². The third-order valence-corrected chi connectivity index (χ3v) is 2.15. The molecule has 1 rings (SSSR count). The molecule has 0 aliphatic rings. The van der Waals surface area contributed by atoms with Gasteiger partial charge in [-0.15, -0.1) is 0 Å². The maximum atomic E-state index is 11.6. The first kappa shape index (κ1) is 16.6. The average Bonchev–Trinajstić information content (AvgIpc) is 2.48. The molecule has 1 aromatic carbocycles. The molecule has 0 fully saturated rings. The first-order valence-electron chi connectivity index (χ1n) is 5.91. The van der Waals surface area contributed by atoms with Crippen molar-refractivity contribution in [2.45, 2.75) is 6.92 Å². The number of carbonyl (C=O) groups excluding carboxylic acids is 2. The number of nitrogens with one attached hydrogen (secondary N) is 2. The smallest absolute Gasteiger partial charge is 0.413 e. The molecule has 0 atom stereocenters. The highest BCUT2D eigenvalue weighted by Gasteiger charge is 2.16. The van der Waals surface area contributed by atoms with Crippen LogP contribution in [0, 0.1) is 16.7 Å². The van der Waals surface area contributed by atoms with E-state index in [0.717, 1.165) is 0 Å². The number of anilines is 1. The number of benzene rings is 1. The third-order valence-electron chi connectivity index (χ3n) is 2.15. The van der Waals surface area contributed by atoms with Crippen LogP contribution in [0.5, 0.6) is 0 Å². The van der Waals surface area contributed by atoms with Crippen LogP contribution < -0.4 is 10.7 Å². The van der Waals surface area contributed by atoms with E-state index in [9.17, 15) is 19.7 Å². The normalized spacial score (nSPS) is 10.3. The minimum Gasteiger partial charge on any atom is -0.450 e. The number of nitro benzene ring substituents is 1. The van der Waals surface area contributed by atoms with Gasteiger partial charge in [0.05, 0.1) is 17.2 Å². The van der Waals surface area contributed by atoms with E-state index >= 15 is 0 Å². The van der Waals surface area contributed by atoms with Gasteiger partial charge in [-0.2, -0.15) is 0 Å². The Morgan fingerprint density at radius 1 is 1.50 bits per heavy atom. The molecule has 0 bridgehead atoms. The quantitative estimate of drug-likeness (QED) is 0.285. The fourth-order valence-electron chi connectivity index (χ4n) is 1.25. The Balaban J connectivity index is 2.79. The van der Waals surface area contributed by atoms with Crippen molar-refractivity contribution < 1.29 is 19.2 Å². The number of hydrogen-bond donors (Lipinski definition) is 2. The van der Waals surface area contributed by atoms with Crippen molar-refractivity contribution >= 4 is 29.2 Å². The number of amidine groups is 1. The van der Waals surface area contributed by atoms with Gasteiger partial charge in [-0.05, 0) is 18.1 Å². The minimum absolute atomic E-state index is 0.0650. The van der Waals surface area contributed by atoms with Crippen LogP contribution in [0.2, 0.25) is 0 Å². The van der Waals surface area contributed by atoms with Gasteiger partial charge in [-0.3, -0.25) is 20.2 Å². The fourth-order valence-corrected chi connectivity index (χ4v) is 1.25. The predicted molar refractivity (Wildman–Crippen MR) is 75.9 cm³/mol. The minimum atomic E-state index is -1.05. The van der Waals surface area contributed by atoms with E-state index in [1.54, 1.807) is 12.2 Å². The summed E-state index contributed by atoms with van der Waals surface area (Å²) in [4.78, 5) is 35.5. The second kappa shape index (κ2) is 7.95. The van der Waals surface area contributed by atoms with Gasteiger partial charge in [0.15, 0.2) is 0 Å². The average molecular weight is 305 g/mol. The van der Waals surface area contributed by atoms with Crippen LogP contribution in [0.25, 0.3) is 4.85 Å². The van der Waals surface area contributed by atoms with E-state index in [0.29, 0.717) is 0 Å². The monoisotopic (exact) mass is 305 g/mol. The summed E-state index contributed by atoms with van der Waals surface area (Å²) in [6.45, 7) is 8.46. The molecule has 22 heavy (non-hydrogen) atoms. The zero-order valence-corrected chi connectivity index (χ0v) is 11.4. The molecule has 1 aromatic rings. The largest absolute Gasteiger partial charge is 0.450 e. The molecule has 0 aromatic heterocycles. The second-order valence-corrected chi connectivity index (χ2v) is 3.64. The number of rotatable bonds is 4. The van der Waals surface area contributed by atoms with Crippen molar-refractivity contribution in [3.63, 3.8) is 0 Å². The van der Waals surface area contributed by atoms with Gasteiger partial charge in [-0.1, -0.05) is 12.6 Å². The Hall–Kier alpha value is -3.48. The summed E-state index contributed by atoms with van der Waals surface area (Å²) in [5.74, 6) is -1.70. The maximum absolute atomic E-state index is 11.6. The zero-order chi connectivity index (χ0) is 16.5. The summed E-state index contributed by atoms with van der Waals surface area (Å²) < 4.78 is 4.49. The van der Waals surface area contributed by atoms with Gasteiger partial charge in [-0.25, -0.2) is 10.2 Å². The van der Waals surface area contributed by atoms with E-state index in [1.165, 1.54) is 24.3 Å². The first-order chi connectivity index (χ1) is 10.5. The van der Waals surface area contributed by atoms with Crippen LogP contribution in [-0.2, 0) is 9.53 Å². The van der Waals surface area contributed by atoms with E-state index in [2.05, 4.69) is 20.1 Å². The molecule has 10 nitrogen and oxygen atoms in total. The Kier molecular flexibility index (Phi) is 5.99. The van der Waals surface area contributed by atoms with E-state index in [-0.39, 0.29) is 18.0 Å². The molecule has 0 saturated carbocycles. The summed E-state index contributed by atoms with van der Waals surface area (Å²) in [5, 5.41) is 15.9. The van der Waals surface area contributed by atoms with E-state index in [4.69, 9.17) is 6.57 Å². The number of nitro groups is 1. The Morgan fingerprint density at radius 3 is 2.82 bits per heavy atom. The highest BCUT2D eigenvalue weighted by atomic mass is 16.6. The molecular weight excluding hydrogens is 294 g/mol. The Morgan fingerprint density at radius 2 is 2.23 bits per heavy atom. The molecule has 0 aliphatic heterocycles. The fraction of sp³-hybridized carbons (Fsp3) is 0.167. The van der Waals surface area contributed by atoms with Crippen LogP contribution in [0.1, 0.15) is 6.92 Å². The van der Waals surface area contributed by atoms with Crippen LogP contribution >= 0.6 is 0 Å². The van der Waals surface area contributed by atoms with Crippen molar-refractivity contribution in [3.05, 3.63) is 45.8 Å². The van der Waals surface area contributed by atoms with Crippen molar-refractivity contribution in [1.82, 2.24) is 5.32 Å². The Labute approximate surface area is 124 Å². The van der Waals surface area contributed by atoms with Crippen molar-refractivity contribution in [3.8, 4) is 0 Å². The SMILES string of the molecule is [C-]#[N+]/C(=N\Nc1cccc([N+](=O)[O-])c1)C(=O)NC(=O)OCC. The lowest BCUT2D eigenvalue weighted by Gasteiger charge is -2.02. The Bertz CT molecular complexity index is 664. The summed E-state index contributed by atoms with van der Waals surface area (Å²) >= 11 is 0. The number of imide groups is 1. The number of alkyl carbamates (subject to hydrolysis) is 1. The highest BCUT2D eigenvalue weighted by molar-refractivity contribution is 6.43. The lowest BCUT2D eigenvalue weighted by Crippen LogP contribution is -2.35. The zero-order valence-electron chi connectivity index (χ0n) is 11.4. The maximum Gasteiger partial charge on any atom is 0.413 e. The molecule has 0 saturated heterocycles. The molecular formula is C12H11N5O5. The van der Waals surface area contributed by atoms with Crippen molar-refractivity contribution in [2.75, 3.05) is 12.0 Å². The summed E-state index contributed by atoms with van der Waals surface area (Å²) in [6.07, 6.45) is -1.00. The molecule has 0 aliphatic carbocycles. The number of carbonyl (C=O) groups is 2. The standard InChI is InChI=1S/C12H11N5O5/c1-3-22-12(19)14-11(18)10(13-2)16-15-8-5-4-6-9(7-8)17(20)21/h4-7,15H,3H2,1H3,(H,14,18,19)/b16-10-. The topological polar surface area (TPSA) is 127 Å². The van der Waals surface area contributed by atoms with E-state index < -0.39 is 22.8 Å². The lowest BCUT2D eigenvalue weighted by molar-refractivity contribution is -0.384. The highest BCUT2D eigenvalue weighted by Crippen LogP contribution is 2.16. The molecule has 10 heteroatoms. The number of non-ortho nitro benzene ring substituents is 1. The molecule has 2 N–H and O–H groups in total. The molecule has 0 radical (unpaired) electrons. The summed E-state index contributed by atoms with van der Waals surface area (Å²) in [6, 6.07) is 5.32. The first-order valence-corrected chi connectivity index (χ1v) is 5.91. The van der Waals surface area contributed by atoms with Crippen LogP contribution in [0.15, 0.2) is 29.4 Å². The molecule has 114 valence electrons. The molecule has 2 amide bonds. The van der Waals surface area contributed by atoms with Crippen LogP contribution in [0.3, 0.4) is 0 Å². The molecule has 0 heterocycles. The van der Waals surface area contributed by atoms with Gasteiger partial charge in [0.1, 0.15) is 0 Å². The van der Waals surface area contributed by atoms with Crippen molar-refractivity contribution in [2.24, 2.45) is 5.10 Å². The number of ether oxygens (including phenoxy) is 1. The number of hydrogen-bond acceptors (Lipinski definition) is 7. The van der Waals surface area contributed by atoms with Gasteiger partial charge in [0.2, 0.25) is 0 Å². The number of hydrazone groups is 1. The van der Waals surface area contributed by atoms with Crippen LogP contribution in [-0.4, -0.2) is 29.4 Å². The molecule has 0 unspecified atom stereocenters. The second-order valence-electron chi connectivity index (χ2n) is 3.64. The number of amides is 2. The molecule has 0 spiro atoms. The summed E-state index contributed by atoms with van der Waals surface area (Å²) in [5.41, 5.74) is 2.36. The van der Waals surface area contributed by atoms with Gasteiger partial charge >= 0.3 is 11.9 Å². The van der Waals surface area contributed by atoms with Gasteiger partial charge in [0.25, 0.3) is 11.6 Å². The predicted octanol–water partition coefficient (Wildman–Crippen LogP) is 1.51. The third kappa shape index (κ3) is 4.89. The van der Waals surface area contributed by atoms with Gasteiger partial charge in [0, 0.05) is 12.1 Å².